The van der Waals surface area contributed by atoms with Gasteiger partial charge in [-0.1, -0.05) is 30.3 Å². The minimum absolute atomic E-state index is 0.0524. The van der Waals surface area contributed by atoms with Crippen molar-refractivity contribution in [3.05, 3.63) is 60.2 Å². The highest BCUT2D eigenvalue weighted by atomic mass is 16.8. The predicted molar refractivity (Wildman–Crippen MR) is 113 cm³/mol. The summed E-state index contributed by atoms with van der Waals surface area (Å²) in [5.41, 5.74) is 2.43. The molecule has 2 aromatic heterocycles. The number of rotatable bonds is 4. The summed E-state index contributed by atoms with van der Waals surface area (Å²) in [6.45, 7) is 6.50. The number of fused-ring (bicyclic) bond motifs is 1. The fourth-order valence-electron chi connectivity index (χ4n) is 5.52. The molecule has 0 unspecified atom stereocenters. The van der Waals surface area contributed by atoms with Gasteiger partial charge in [-0.15, -0.1) is 0 Å². The number of hydrogen-bond acceptors (Lipinski definition) is 6. The Morgan fingerprint density at radius 3 is 2.81 bits per heavy atom. The molecule has 3 aromatic rings. The zero-order chi connectivity index (χ0) is 21.2. The summed E-state index contributed by atoms with van der Waals surface area (Å²) in [4.78, 5) is 8.84. The minimum atomic E-state index is -0.673. The maximum absolute atomic E-state index is 6.66. The van der Waals surface area contributed by atoms with Crippen molar-refractivity contribution in [3.8, 4) is 0 Å². The van der Waals surface area contributed by atoms with E-state index < -0.39 is 11.4 Å². The zero-order valence-electron chi connectivity index (χ0n) is 18.0. The van der Waals surface area contributed by atoms with Gasteiger partial charge in [0.15, 0.2) is 12.0 Å². The van der Waals surface area contributed by atoms with Gasteiger partial charge in [0.25, 0.3) is 0 Å². The van der Waals surface area contributed by atoms with Crippen molar-refractivity contribution < 1.29 is 18.9 Å². The molecule has 0 amide bonds. The number of hydrogen-bond donors (Lipinski definition) is 0. The van der Waals surface area contributed by atoms with Crippen LogP contribution in [0.25, 0.3) is 11.0 Å². The van der Waals surface area contributed by atoms with Crippen LogP contribution in [0.3, 0.4) is 0 Å². The molecule has 162 valence electrons. The zero-order valence-corrected chi connectivity index (χ0v) is 18.0. The Hall–Kier alpha value is -2.32. The summed E-state index contributed by atoms with van der Waals surface area (Å²) in [6, 6.07) is 12.3. The largest absolute Gasteiger partial charge is 0.371 e. The Morgan fingerprint density at radius 2 is 1.97 bits per heavy atom. The van der Waals surface area contributed by atoms with Crippen molar-refractivity contribution in [1.29, 1.82) is 0 Å². The standard InChI is InChI=1S/C24H27N3O4/c1-15-17-10-12-27(21(17)26-14-25-15)22-20-24(31-23(2,3)30-20)11-9-18(19(24)29-22)28-13-16-7-5-4-6-8-16/h4-8,10,12,14,18-20,22H,9,11,13H2,1-3H3/t18-,19-,20+,22-,24-/m1/s1. The van der Waals surface area contributed by atoms with Crippen molar-refractivity contribution in [2.45, 2.75) is 76.1 Å². The Labute approximate surface area is 181 Å². The fraction of sp³-hybridized carbons (Fsp3) is 0.500. The molecule has 0 bridgehead atoms. The van der Waals surface area contributed by atoms with Crippen LogP contribution in [-0.2, 0) is 25.6 Å². The number of ether oxygens (including phenoxy) is 4. The number of aromatic nitrogens is 3. The summed E-state index contributed by atoms with van der Waals surface area (Å²) < 4.78 is 28.1. The second kappa shape index (κ2) is 6.84. The summed E-state index contributed by atoms with van der Waals surface area (Å²) in [7, 11) is 0. The smallest absolute Gasteiger partial charge is 0.165 e. The van der Waals surface area contributed by atoms with E-state index in [-0.39, 0.29) is 24.5 Å². The molecule has 1 aromatic carbocycles. The van der Waals surface area contributed by atoms with Gasteiger partial charge >= 0.3 is 0 Å². The monoisotopic (exact) mass is 421 g/mol. The van der Waals surface area contributed by atoms with Crippen LogP contribution in [0.15, 0.2) is 48.9 Å². The van der Waals surface area contributed by atoms with E-state index in [2.05, 4.69) is 26.7 Å². The molecular weight excluding hydrogens is 394 g/mol. The maximum Gasteiger partial charge on any atom is 0.165 e. The van der Waals surface area contributed by atoms with Crippen LogP contribution in [0.5, 0.6) is 0 Å². The van der Waals surface area contributed by atoms with Gasteiger partial charge in [0.2, 0.25) is 0 Å². The molecule has 1 spiro atoms. The Bertz CT molecular complexity index is 1110. The van der Waals surface area contributed by atoms with E-state index in [1.165, 1.54) is 0 Å². The average molecular weight is 421 g/mol. The Morgan fingerprint density at radius 1 is 1.13 bits per heavy atom. The highest BCUT2D eigenvalue weighted by Gasteiger charge is 2.70. The van der Waals surface area contributed by atoms with Crippen LogP contribution < -0.4 is 0 Å². The minimum Gasteiger partial charge on any atom is -0.371 e. The van der Waals surface area contributed by atoms with E-state index in [9.17, 15) is 0 Å². The van der Waals surface area contributed by atoms with E-state index in [4.69, 9.17) is 18.9 Å². The molecule has 31 heavy (non-hydrogen) atoms. The van der Waals surface area contributed by atoms with Gasteiger partial charge in [0, 0.05) is 11.6 Å². The van der Waals surface area contributed by atoms with Crippen molar-refractivity contribution >= 4 is 11.0 Å². The quantitative estimate of drug-likeness (QED) is 0.636. The molecule has 3 fully saturated rings. The summed E-state index contributed by atoms with van der Waals surface area (Å²) >= 11 is 0. The average Bonchev–Trinajstić information content (AvgIpc) is 3.45. The molecule has 0 N–H and O–H groups in total. The molecule has 7 nitrogen and oxygen atoms in total. The Balaban J connectivity index is 1.33. The highest BCUT2D eigenvalue weighted by molar-refractivity contribution is 5.78. The van der Waals surface area contributed by atoms with E-state index in [1.807, 2.05) is 51.2 Å². The number of nitrogens with zero attached hydrogens (tertiary/aromatic N) is 3. The lowest BCUT2D eigenvalue weighted by atomic mass is 9.94. The normalized spacial score (nSPS) is 33.6. The number of benzene rings is 1. The maximum atomic E-state index is 6.66. The van der Waals surface area contributed by atoms with Crippen LogP contribution >= 0.6 is 0 Å². The molecule has 3 aliphatic rings. The molecule has 2 aliphatic heterocycles. The summed E-state index contributed by atoms with van der Waals surface area (Å²) in [6.07, 6.45) is 4.52. The molecular formula is C24H27N3O4. The molecule has 5 atom stereocenters. The first-order valence-electron chi connectivity index (χ1n) is 10.9. The van der Waals surface area contributed by atoms with Gasteiger partial charge in [-0.3, -0.25) is 0 Å². The van der Waals surface area contributed by atoms with Gasteiger partial charge in [0.05, 0.1) is 18.4 Å². The second-order valence-corrected chi connectivity index (χ2v) is 9.24. The van der Waals surface area contributed by atoms with E-state index in [0.29, 0.717) is 6.61 Å². The summed E-state index contributed by atoms with van der Waals surface area (Å²) in [5, 5.41) is 1.02. The third-order valence-electron chi connectivity index (χ3n) is 6.80. The molecule has 7 heteroatoms. The molecule has 4 heterocycles. The van der Waals surface area contributed by atoms with Gasteiger partial charge in [-0.25, -0.2) is 9.97 Å². The van der Waals surface area contributed by atoms with Crippen molar-refractivity contribution in [2.75, 3.05) is 0 Å². The first-order chi connectivity index (χ1) is 15.0. The van der Waals surface area contributed by atoms with Crippen molar-refractivity contribution in [2.24, 2.45) is 0 Å². The lowest BCUT2D eigenvalue weighted by Crippen LogP contribution is -2.45. The van der Waals surface area contributed by atoms with E-state index in [1.54, 1.807) is 6.33 Å². The van der Waals surface area contributed by atoms with Crippen LogP contribution in [0, 0.1) is 6.92 Å². The third-order valence-corrected chi connectivity index (χ3v) is 6.80. The second-order valence-electron chi connectivity index (χ2n) is 9.24. The van der Waals surface area contributed by atoms with Gasteiger partial charge < -0.3 is 23.5 Å². The SMILES string of the molecule is Cc1ncnc2c1ccn2[C@@H]1O[C@@H]2[C@H](OCc3ccccc3)CC[C@@]23OC(C)(C)O[C@@H]13. The van der Waals surface area contributed by atoms with Crippen LogP contribution in [0.1, 0.15) is 44.2 Å². The lowest BCUT2D eigenvalue weighted by Gasteiger charge is -2.29. The van der Waals surface area contributed by atoms with Crippen LogP contribution in [0.2, 0.25) is 0 Å². The first kappa shape index (κ1) is 19.4. The van der Waals surface area contributed by atoms with Crippen molar-refractivity contribution in [1.82, 2.24) is 14.5 Å². The number of aryl methyl sites for hydroxylation is 1. The van der Waals surface area contributed by atoms with E-state index in [0.717, 1.165) is 35.1 Å². The summed E-state index contributed by atoms with van der Waals surface area (Å²) in [5.74, 6) is -0.673. The molecule has 1 aliphatic carbocycles. The van der Waals surface area contributed by atoms with E-state index >= 15 is 0 Å². The molecule has 6 rings (SSSR count). The molecule has 2 saturated heterocycles. The van der Waals surface area contributed by atoms with Crippen molar-refractivity contribution in [3.63, 3.8) is 0 Å². The molecule has 0 radical (unpaired) electrons. The van der Waals surface area contributed by atoms with Crippen LogP contribution in [-0.4, -0.2) is 44.2 Å². The molecule has 1 saturated carbocycles. The highest BCUT2D eigenvalue weighted by Crippen LogP contribution is 2.57. The first-order valence-corrected chi connectivity index (χ1v) is 10.9. The lowest BCUT2D eigenvalue weighted by molar-refractivity contribution is -0.218. The Kier molecular flexibility index (Phi) is 4.27. The fourth-order valence-corrected chi connectivity index (χ4v) is 5.52. The van der Waals surface area contributed by atoms with Gasteiger partial charge in [-0.05, 0) is 45.2 Å². The van der Waals surface area contributed by atoms with Gasteiger partial charge in [-0.2, -0.15) is 0 Å². The third kappa shape index (κ3) is 2.95. The topological polar surface area (TPSA) is 67.6 Å². The van der Waals surface area contributed by atoms with Crippen LogP contribution in [0.4, 0.5) is 0 Å². The predicted octanol–water partition coefficient (Wildman–Crippen LogP) is 3.91. The van der Waals surface area contributed by atoms with Gasteiger partial charge in [0.1, 0.15) is 29.8 Å².